The Labute approximate surface area is 112 Å². The van der Waals surface area contributed by atoms with E-state index in [0.29, 0.717) is 34.9 Å². The lowest BCUT2D eigenvalue weighted by Crippen LogP contribution is -2.37. The van der Waals surface area contributed by atoms with Gasteiger partial charge < -0.3 is 11.1 Å². The summed E-state index contributed by atoms with van der Waals surface area (Å²) >= 11 is 6.14. The predicted molar refractivity (Wildman–Crippen MR) is 72.4 cm³/mol. The molecule has 1 aromatic heterocycles. The molecule has 0 saturated heterocycles. The summed E-state index contributed by atoms with van der Waals surface area (Å²) < 4.78 is 0. The number of pyridine rings is 1. The van der Waals surface area contributed by atoms with Crippen LogP contribution in [0.4, 0.5) is 5.82 Å². The summed E-state index contributed by atoms with van der Waals surface area (Å²) in [6, 6.07) is 3.99. The number of anilines is 1. The minimum Gasteiger partial charge on any atom is -0.366 e. The molecule has 1 saturated carbocycles. The van der Waals surface area contributed by atoms with E-state index in [4.69, 9.17) is 22.6 Å². The summed E-state index contributed by atoms with van der Waals surface area (Å²) in [7, 11) is 0. The Kier molecular flexibility index (Phi) is 4.40. The van der Waals surface area contributed by atoms with Gasteiger partial charge in [-0.1, -0.05) is 24.4 Å². The van der Waals surface area contributed by atoms with E-state index in [-0.39, 0.29) is 0 Å². The van der Waals surface area contributed by atoms with Crippen molar-refractivity contribution in [3.63, 3.8) is 0 Å². The Morgan fingerprint density at radius 2 is 2.28 bits per heavy atom. The number of hydrogen-bond donors (Lipinski definition) is 2. The molecular weight excluding hydrogens is 248 g/mol. The quantitative estimate of drug-likeness (QED) is 0.880. The van der Waals surface area contributed by atoms with Crippen molar-refractivity contribution in [1.29, 1.82) is 5.26 Å². The number of nitrogens with two attached hydrogens (primary N) is 1. The summed E-state index contributed by atoms with van der Waals surface area (Å²) in [5.41, 5.74) is 6.25. The molecule has 1 fully saturated rings. The van der Waals surface area contributed by atoms with E-state index >= 15 is 0 Å². The van der Waals surface area contributed by atoms with Gasteiger partial charge in [-0.3, -0.25) is 0 Å². The Morgan fingerprint density at radius 1 is 1.50 bits per heavy atom. The number of nitriles is 1. The van der Waals surface area contributed by atoms with Gasteiger partial charge in [0.1, 0.15) is 16.9 Å². The van der Waals surface area contributed by atoms with E-state index in [1.807, 2.05) is 0 Å². The molecule has 18 heavy (non-hydrogen) atoms. The Bertz CT molecular complexity index is 455. The topological polar surface area (TPSA) is 74.7 Å². The van der Waals surface area contributed by atoms with Gasteiger partial charge in [0.2, 0.25) is 0 Å². The molecule has 0 amide bonds. The van der Waals surface area contributed by atoms with E-state index < -0.39 is 0 Å². The normalized spacial score (nSPS) is 23.4. The third-order valence-corrected chi connectivity index (χ3v) is 3.93. The van der Waals surface area contributed by atoms with Crippen LogP contribution in [0, 0.1) is 17.2 Å². The second kappa shape index (κ2) is 6.03. The van der Waals surface area contributed by atoms with Crippen LogP contribution in [-0.2, 0) is 0 Å². The first kappa shape index (κ1) is 13.1. The summed E-state index contributed by atoms with van der Waals surface area (Å²) in [5, 5.41) is 12.7. The summed E-state index contributed by atoms with van der Waals surface area (Å²) in [6.45, 7) is 0.674. The van der Waals surface area contributed by atoms with Crippen molar-refractivity contribution in [2.24, 2.45) is 11.7 Å². The fraction of sp³-hybridized carbons (Fsp3) is 0.538. The number of hydrogen-bond acceptors (Lipinski definition) is 4. The first-order chi connectivity index (χ1) is 8.76. The molecule has 3 N–H and O–H groups in total. The zero-order valence-corrected chi connectivity index (χ0v) is 11.0. The Morgan fingerprint density at radius 3 is 3.00 bits per heavy atom. The van der Waals surface area contributed by atoms with Gasteiger partial charge in [-0.2, -0.15) is 5.26 Å². The highest BCUT2D eigenvalue weighted by atomic mass is 35.5. The summed E-state index contributed by atoms with van der Waals surface area (Å²) in [5.74, 6) is 1.06. The zero-order chi connectivity index (χ0) is 13.0. The van der Waals surface area contributed by atoms with Gasteiger partial charge in [0, 0.05) is 12.2 Å². The first-order valence-electron chi connectivity index (χ1n) is 6.27. The van der Waals surface area contributed by atoms with Crippen LogP contribution in [0.5, 0.6) is 0 Å². The minimum absolute atomic E-state index is 0.308. The average Bonchev–Trinajstić information content (AvgIpc) is 2.42. The van der Waals surface area contributed by atoms with Crippen LogP contribution < -0.4 is 11.1 Å². The standard InChI is InChI=1S/C13H17ClN4/c14-12-10(8-16)5-6-17-13(12)18-11-4-2-1-3-9(11)7-15/h5-6,9,11H,1-4,7,15H2,(H,17,18). The zero-order valence-electron chi connectivity index (χ0n) is 10.2. The molecule has 1 aromatic rings. The molecule has 1 aliphatic rings. The van der Waals surface area contributed by atoms with Gasteiger partial charge in [0.05, 0.1) is 5.56 Å². The van der Waals surface area contributed by atoms with Crippen LogP contribution in [0.2, 0.25) is 5.02 Å². The monoisotopic (exact) mass is 264 g/mol. The van der Waals surface area contributed by atoms with Crippen molar-refractivity contribution < 1.29 is 0 Å². The number of nitrogens with one attached hydrogen (secondary N) is 1. The maximum absolute atomic E-state index is 8.94. The first-order valence-corrected chi connectivity index (χ1v) is 6.65. The Balaban J connectivity index is 2.15. The predicted octanol–water partition coefficient (Wildman–Crippen LogP) is 2.54. The van der Waals surface area contributed by atoms with Crippen LogP contribution >= 0.6 is 11.6 Å². The number of nitrogens with zero attached hydrogens (tertiary/aromatic N) is 2. The largest absolute Gasteiger partial charge is 0.366 e. The molecule has 0 spiro atoms. The lowest BCUT2D eigenvalue weighted by Gasteiger charge is -2.31. The molecule has 0 aliphatic heterocycles. The second-order valence-electron chi connectivity index (χ2n) is 4.66. The van der Waals surface area contributed by atoms with Crippen LogP contribution in [-0.4, -0.2) is 17.6 Å². The van der Waals surface area contributed by atoms with Crippen LogP contribution in [0.3, 0.4) is 0 Å². The highest BCUT2D eigenvalue weighted by Gasteiger charge is 2.24. The molecule has 1 aliphatic carbocycles. The maximum Gasteiger partial charge on any atom is 0.146 e. The van der Waals surface area contributed by atoms with Crippen molar-refractivity contribution >= 4 is 17.4 Å². The van der Waals surface area contributed by atoms with Gasteiger partial charge in [-0.25, -0.2) is 4.98 Å². The van der Waals surface area contributed by atoms with Gasteiger partial charge in [0.15, 0.2) is 0 Å². The van der Waals surface area contributed by atoms with Crippen molar-refractivity contribution in [3.8, 4) is 6.07 Å². The van der Waals surface area contributed by atoms with Crippen molar-refractivity contribution in [1.82, 2.24) is 4.98 Å². The fourth-order valence-electron chi connectivity index (χ4n) is 2.49. The van der Waals surface area contributed by atoms with E-state index in [9.17, 15) is 0 Å². The van der Waals surface area contributed by atoms with Crippen LogP contribution in [0.15, 0.2) is 12.3 Å². The van der Waals surface area contributed by atoms with Crippen LogP contribution in [0.1, 0.15) is 31.2 Å². The molecule has 1 heterocycles. The number of aromatic nitrogens is 1. The van der Waals surface area contributed by atoms with Gasteiger partial charge in [0.25, 0.3) is 0 Å². The van der Waals surface area contributed by atoms with E-state index in [2.05, 4.69) is 16.4 Å². The maximum atomic E-state index is 8.94. The molecule has 0 aromatic carbocycles. The lowest BCUT2D eigenvalue weighted by atomic mass is 9.84. The molecule has 2 unspecified atom stereocenters. The summed E-state index contributed by atoms with van der Waals surface area (Å²) in [6.07, 6.45) is 6.26. The van der Waals surface area contributed by atoms with Gasteiger partial charge in [-0.05, 0) is 31.4 Å². The molecule has 96 valence electrons. The molecule has 2 atom stereocenters. The van der Waals surface area contributed by atoms with Crippen molar-refractivity contribution in [2.45, 2.75) is 31.7 Å². The average molecular weight is 265 g/mol. The molecule has 0 bridgehead atoms. The van der Waals surface area contributed by atoms with Crippen molar-refractivity contribution in [3.05, 3.63) is 22.8 Å². The SMILES string of the molecule is N#Cc1ccnc(NC2CCCCC2CN)c1Cl. The summed E-state index contributed by atoms with van der Waals surface area (Å²) in [4.78, 5) is 4.21. The molecule has 0 radical (unpaired) electrons. The van der Waals surface area contributed by atoms with Crippen LogP contribution in [0.25, 0.3) is 0 Å². The highest BCUT2D eigenvalue weighted by molar-refractivity contribution is 6.34. The fourth-order valence-corrected chi connectivity index (χ4v) is 2.69. The second-order valence-corrected chi connectivity index (χ2v) is 5.04. The minimum atomic E-state index is 0.308. The van der Waals surface area contributed by atoms with E-state index in [0.717, 1.165) is 12.8 Å². The van der Waals surface area contributed by atoms with Gasteiger partial charge in [-0.15, -0.1) is 0 Å². The lowest BCUT2D eigenvalue weighted by molar-refractivity contribution is 0.332. The van der Waals surface area contributed by atoms with E-state index in [1.54, 1.807) is 12.3 Å². The van der Waals surface area contributed by atoms with Crippen molar-refractivity contribution in [2.75, 3.05) is 11.9 Å². The Hall–Kier alpha value is -1.31. The smallest absolute Gasteiger partial charge is 0.146 e. The third kappa shape index (κ3) is 2.74. The third-order valence-electron chi connectivity index (χ3n) is 3.54. The molecule has 5 heteroatoms. The number of halogens is 1. The highest BCUT2D eigenvalue weighted by Crippen LogP contribution is 2.29. The number of rotatable bonds is 3. The molecular formula is C13H17ClN4. The van der Waals surface area contributed by atoms with E-state index in [1.165, 1.54) is 12.8 Å². The molecule has 2 rings (SSSR count). The molecule has 4 nitrogen and oxygen atoms in total. The van der Waals surface area contributed by atoms with Gasteiger partial charge >= 0.3 is 0 Å².